The van der Waals surface area contributed by atoms with Crippen molar-refractivity contribution in [2.45, 2.75) is 57.7 Å². The predicted molar refractivity (Wildman–Crippen MR) is 82.9 cm³/mol. The van der Waals surface area contributed by atoms with Gasteiger partial charge < -0.3 is 5.32 Å². The summed E-state index contributed by atoms with van der Waals surface area (Å²) < 4.78 is 0. The molecule has 1 saturated carbocycles. The lowest BCUT2D eigenvalue weighted by molar-refractivity contribution is -0.123. The summed E-state index contributed by atoms with van der Waals surface area (Å²) in [6.07, 6.45) is 4.69. The molecule has 0 saturated heterocycles. The van der Waals surface area contributed by atoms with E-state index in [1.54, 1.807) is 0 Å². The molecule has 2 rings (SSSR count). The molecule has 1 aromatic carbocycles. The number of carbonyl (C=O) groups excluding carboxylic acids is 1. The summed E-state index contributed by atoms with van der Waals surface area (Å²) in [6, 6.07) is 8.02. The SMILES string of the molecule is C[C@H](N[C@H](C)c1ccc(Cl)cc1)C(=O)NC1CCCC1. The summed E-state index contributed by atoms with van der Waals surface area (Å²) in [5.41, 5.74) is 1.13. The Kier molecular flexibility index (Phi) is 5.44. The van der Waals surface area contributed by atoms with Gasteiger partial charge in [-0.3, -0.25) is 10.1 Å². The zero-order chi connectivity index (χ0) is 14.5. The normalized spacial score (nSPS) is 18.8. The van der Waals surface area contributed by atoms with E-state index in [9.17, 15) is 4.79 Å². The maximum Gasteiger partial charge on any atom is 0.237 e. The van der Waals surface area contributed by atoms with Crippen LogP contribution in [0.1, 0.15) is 51.1 Å². The number of halogens is 1. The Bertz CT molecular complexity index is 440. The van der Waals surface area contributed by atoms with Gasteiger partial charge in [-0.05, 0) is 44.4 Å². The lowest BCUT2D eigenvalue weighted by Gasteiger charge is -2.22. The first-order valence-electron chi connectivity index (χ1n) is 7.38. The standard InChI is InChI=1S/C16H23ClN2O/c1-11(13-7-9-14(17)10-8-13)18-12(2)16(20)19-15-5-3-4-6-15/h7-12,15,18H,3-6H2,1-2H3,(H,19,20)/t11-,12+/m1/s1. The molecule has 3 nitrogen and oxygen atoms in total. The summed E-state index contributed by atoms with van der Waals surface area (Å²) in [4.78, 5) is 12.1. The van der Waals surface area contributed by atoms with Crippen molar-refractivity contribution in [1.82, 2.24) is 10.6 Å². The fourth-order valence-corrected chi connectivity index (χ4v) is 2.82. The van der Waals surface area contributed by atoms with Crippen molar-refractivity contribution in [3.8, 4) is 0 Å². The van der Waals surface area contributed by atoms with Crippen molar-refractivity contribution in [2.24, 2.45) is 0 Å². The molecule has 2 N–H and O–H groups in total. The average Bonchev–Trinajstić information content (AvgIpc) is 2.92. The molecule has 1 aliphatic carbocycles. The highest BCUT2D eigenvalue weighted by Gasteiger charge is 2.21. The van der Waals surface area contributed by atoms with Gasteiger partial charge in [0.05, 0.1) is 6.04 Å². The number of benzene rings is 1. The van der Waals surface area contributed by atoms with Crippen LogP contribution in [0.5, 0.6) is 0 Å². The fourth-order valence-electron chi connectivity index (χ4n) is 2.69. The first-order valence-corrected chi connectivity index (χ1v) is 7.76. The van der Waals surface area contributed by atoms with Gasteiger partial charge in [0.1, 0.15) is 0 Å². The molecule has 0 unspecified atom stereocenters. The third-order valence-corrected chi connectivity index (χ3v) is 4.22. The molecule has 0 bridgehead atoms. The van der Waals surface area contributed by atoms with E-state index in [2.05, 4.69) is 17.6 Å². The molecule has 1 amide bonds. The topological polar surface area (TPSA) is 41.1 Å². The van der Waals surface area contributed by atoms with Crippen LogP contribution in [-0.2, 0) is 4.79 Å². The van der Waals surface area contributed by atoms with Gasteiger partial charge in [-0.1, -0.05) is 36.6 Å². The van der Waals surface area contributed by atoms with Gasteiger partial charge in [0.25, 0.3) is 0 Å². The fraction of sp³-hybridized carbons (Fsp3) is 0.562. The Hall–Kier alpha value is -1.06. The molecule has 20 heavy (non-hydrogen) atoms. The monoisotopic (exact) mass is 294 g/mol. The van der Waals surface area contributed by atoms with E-state index in [4.69, 9.17) is 11.6 Å². The maximum atomic E-state index is 12.1. The van der Waals surface area contributed by atoms with Gasteiger partial charge in [-0.25, -0.2) is 0 Å². The van der Waals surface area contributed by atoms with Crippen LogP contribution < -0.4 is 10.6 Å². The van der Waals surface area contributed by atoms with Crippen LogP contribution in [0.25, 0.3) is 0 Å². The Morgan fingerprint density at radius 2 is 1.80 bits per heavy atom. The van der Waals surface area contributed by atoms with E-state index in [-0.39, 0.29) is 18.0 Å². The molecule has 1 aromatic rings. The number of rotatable bonds is 5. The van der Waals surface area contributed by atoms with E-state index in [0.29, 0.717) is 6.04 Å². The largest absolute Gasteiger partial charge is 0.352 e. The van der Waals surface area contributed by atoms with Crippen LogP contribution in [-0.4, -0.2) is 18.0 Å². The van der Waals surface area contributed by atoms with Crippen molar-refractivity contribution < 1.29 is 4.79 Å². The van der Waals surface area contributed by atoms with Crippen molar-refractivity contribution in [1.29, 1.82) is 0 Å². The quantitative estimate of drug-likeness (QED) is 0.873. The van der Waals surface area contributed by atoms with Gasteiger partial charge in [-0.2, -0.15) is 0 Å². The Labute approximate surface area is 126 Å². The van der Waals surface area contributed by atoms with E-state index in [0.717, 1.165) is 23.4 Å². The lowest BCUT2D eigenvalue weighted by Crippen LogP contribution is -2.46. The van der Waals surface area contributed by atoms with Gasteiger partial charge in [0, 0.05) is 17.1 Å². The van der Waals surface area contributed by atoms with Crippen molar-refractivity contribution in [3.63, 3.8) is 0 Å². The van der Waals surface area contributed by atoms with Crippen molar-refractivity contribution in [3.05, 3.63) is 34.9 Å². The molecule has 1 aliphatic rings. The minimum atomic E-state index is -0.193. The smallest absolute Gasteiger partial charge is 0.237 e. The Balaban J connectivity index is 1.84. The number of hydrogen-bond acceptors (Lipinski definition) is 2. The number of carbonyl (C=O) groups is 1. The highest BCUT2D eigenvalue weighted by Crippen LogP contribution is 2.18. The predicted octanol–water partition coefficient (Wildman–Crippen LogP) is 3.44. The van der Waals surface area contributed by atoms with Gasteiger partial charge in [0.15, 0.2) is 0 Å². The minimum absolute atomic E-state index is 0.0951. The molecule has 2 atom stereocenters. The van der Waals surface area contributed by atoms with Crippen LogP contribution in [0.4, 0.5) is 0 Å². The van der Waals surface area contributed by atoms with Gasteiger partial charge in [0.2, 0.25) is 5.91 Å². The third kappa shape index (κ3) is 4.22. The van der Waals surface area contributed by atoms with E-state index >= 15 is 0 Å². The van der Waals surface area contributed by atoms with Crippen molar-refractivity contribution in [2.75, 3.05) is 0 Å². The second-order valence-electron chi connectivity index (χ2n) is 5.65. The van der Waals surface area contributed by atoms with Crippen LogP contribution >= 0.6 is 11.6 Å². The van der Waals surface area contributed by atoms with Crippen LogP contribution in [0.2, 0.25) is 5.02 Å². The summed E-state index contributed by atoms with van der Waals surface area (Å²) in [6.45, 7) is 3.97. The highest BCUT2D eigenvalue weighted by atomic mass is 35.5. The number of nitrogens with one attached hydrogen (secondary N) is 2. The van der Waals surface area contributed by atoms with E-state index in [1.807, 2.05) is 31.2 Å². The second-order valence-corrected chi connectivity index (χ2v) is 6.09. The molecule has 0 heterocycles. The van der Waals surface area contributed by atoms with Crippen LogP contribution in [0, 0.1) is 0 Å². The summed E-state index contributed by atoms with van der Waals surface area (Å²) in [7, 11) is 0. The minimum Gasteiger partial charge on any atom is -0.352 e. The summed E-state index contributed by atoms with van der Waals surface area (Å²) >= 11 is 5.88. The van der Waals surface area contributed by atoms with Crippen LogP contribution in [0.15, 0.2) is 24.3 Å². The van der Waals surface area contributed by atoms with E-state index in [1.165, 1.54) is 12.8 Å². The molecule has 0 radical (unpaired) electrons. The van der Waals surface area contributed by atoms with Crippen LogP contribution in [0.3, 0.4) is 0 Å². The van der Waals surface area contributed by atoms with Gasteiger partial charge >= 0.3 is 0 Å². The van der Waals surface area contributed by atoms with Crippen molar-refractivity contribution >= 4 is 17.5 Å². The Morgan fingerprint density at radius 3 is 2.40 bits per heavy atom. The molecular weight excluding hydrogens is 272 g/mol. The first kappa shape index (κ1) is 15.3. The summed E-state index contributed by atoms with van der Waals surface area (Å²) in [5.74, 6) is 0.0951. The lowest BCUT2D eigenvalue weighted by atomic mass is 10.1. The number of hydrogen-bond donors (Lipinski definition) is 2. The molecule has 0 spiro atoms. The molecular formula is C16H23ClN2O. The molecule has 1 fully saturated rings. The second kappa shape index (κ2) is 7.09. The molecule has 4 heteroatoms. The Morgan fingerprint density at radius 1 is 1.20 bits per heavy atom. The third-order valence-electron chi connectivity index (χ3n) is 3.96. The van der Waals surface area contributed by atoms with Gasteiger partial charge in [-0.15, -0.1) is 0 Å². The van der Waals surface area contributed by atoms with E-state index < -0.39 is 0 Å². The highest BCUT2D eigenvalue weighted by molar-refractivity contribution is 6.30. The maximum absolute atomic E-state index is 12.1. The zero-order valence-corrected chi connectivity index (χ0v) is 12.9. The molecule has 0 aliphatic heterocycles. The first-order chi connectivity index (χ1) is 9.56. The number of amides is 1. The zero-order valence-electron chi connectivity index (χ0n) is 12.2. The summed E-state index contributed by atoms with van der Waals surface area (Å²) in [5, 5.41) is 7.19. The molecule has 110 valence electrons. The molecule has 0 aromatic heterocycles. The average molecular weight is 295 g/mol.